The third-order valence-electron chi connectivity index (χ3n) is 6.84. The number of fused-ring (bicyclic) bond motifs is 1. The van der Waals surface area contributed by atoms with Gasteiger partial charge in [0.1, 0.15) is 11.5 Å². The molecule has 6 nitrogen and oxygen atoms in total. The van der Waals surface area contributed by atoms with Crippen molar-refractivity contribution < 1.29 is 24.2 Å². The molecule has 6 heteroatoms. The number of likely N-dealkylation sites (tertiary alicyclic amines) is 1. The first-order valence-corrected chi connectivity index (χ1v) is 12.0. The van der Waals surface area contributed by atoms with E-state index in [4.69, 9.17) is 14.6 Å². The predicted molar refractivity (Wildman–Crippen MR) is 130 cm³/mol. The summed E-state index contributed by atoms with van der Waals surface area (Å²) in [5, 5.41) is 8.92. The Morgan fingerprint density at radius 3 is 2.50 bits per heavy atom. The highest BCUT2D eigenvalue weighted by Gasteiger charge is 2.29. The van der Waals surface area contributed by atoms with Crippen LogP contribution in [-0.4, -0.2) is 42.1 Å². The zero-order chi connectivity index (χ0) is 24.1. The van der Waals surface area contributed by atoms with E-state index in [1.165, 1.54) is 5.56 Å². The topological polar surface area (TPSA) is 76.1 Å². The van der Waals surface area contributed by atoms with Gasteiger partial charge in [0, 0.05) is 12.1 Å². The van der Waals surface area contributed by atoms with Crippen LogP contribution in [0.5, 0.6) is 5.75 Å². The van der Waals surface area contributed by atoms with Gasteiger partial charge in [-0.3, -0.25) is 14.5 Å². The molecule has 0 spiro atoms. The maximum absolute atomic E-state index is 12.4. The molecule has 0 amide bonds. The first kappa shape index (κ1) is 24.0. The van der Waals surface area contributed by atoms with Crippen molar-refractivity contribution in [3.05, 3.63) is 70.3 Å². The van der Waals surface area contributed by atoms with Gasteiger partial charge in [0.15, 0.2) is 0 Å². The second-order valence-corrected chi connectivity index (χ2v) is 9.37. The van der Waals surface area contributed by atoms with Crippen LogP contribution in [0.25, 0.3) is 5.76 Å². The van der Waals surface area contributed by atoms with Crippen LogP contribution in [0.2, 0.25) is 0 Å². The van der Waals surface area contributed by atoms with Gasteiger partial charge >= 0.3 is 11.9 Å². The van der Waals surface area contributed by atoms with E-state index >= 15 is 0 Å². The molecule has 0 radical (unpaired) electrons. The number of benzene rings is 2. The van der Waals surface area contributed by atoms with Crippen molar-refractivity contribution in [2.45, 2.75) is 52.0 Å². The summed E-state index contributed by atoms with van der Waals surface area (Å²) in [6, 6.07) is 14.6. The van der Waals surface area contributed by atoms with Crippen LogP contribution in [0.4, 0.5) is 0 Å². The van der Waals surface area contributed by atoms with Crippen LogP contribution >= 0.6 is 0 Å². The van der Waals surface area contributed by atoms with Crippen molar-refractivity contribution in [2.24, 2.45) is 5.92 Å². The van der Waals surface area contributed by atoms with Gasteiger partial charge in [-0.2, -0.15) is 0 Å². The highest BCUT2D eigenvalue weighted by molar-refractivity contribution is 5.84. The number of aliphatic carboxylic acids is 1. The summed E-state index contributed by atoms with van der Waals surface area (Å²) in [7, 11) is 1.66. The summed E-state index contributed by atoms with van der Waals surface area (Å²) in [6.45, 7) is 5.07. The minimum absolute atomic E-state index is 0.130. The molecule has 34 heavy (non-hydrogen) atoms. The van der Waals surface area contributed by atoms with Crippen molar-refractivity contribution in [3.63, 3.8) is 0 Å². The van der Waals surface area contributed by atoms with Crippen LogP contribution in [0.1, 0.15) is 54.4 Å². The lowest BCUT2D eigenvalue weighted by molar-refractivity contribution is -0.143. The number of methoxy groups -OCH3 is 1. The Balaban J connectivity index is 1.45. The van der Waals surface area contributed by atoms with Crippen molar-refractivity contribution in [2.75, 3.05) is 20.2 Å². The molecule has 0 bridgehead atoms. The summed E-state index contributed by atoms with van der Waals surface area (Å²) in [4.78, 5) is 25.8. The molecule has 2 aromatic carbocycles. The monoisotopic (exact) mass is 463 g/mol. The zero-order valence-electron chi connectivity index (χ0n) is 20.0. The number of esters is 1. The second kappa shape index (κ2) is 10.9. The van der Waals surface area contributed by atoms with Crippen LogP contribution in [0.3, 0.4) is 0 Å². The Bertz CT molecular complexity index is 1070. The molecule has 1 fully saturated rings. The third-order valence-corrected chi connectivity index (χ3v) is 6.84. The molecule has 1 N–H and O–H groups in total. The summed E-state index contributed by atoms with van der Waals surface area (Å²) in [5.41, 5.74) is 5.48. The average molecular weight is 464 g/mol. The van der Waals surface area contributed by atoms with E-state index in [-0.39, 0.29) is 12.8 Å². The van der Waals surface area contributed by atoms with E-state index in [0.29, 0.717) is 11.7 Å². The smallest absolute Gasteiger partial charge is 0.311 e. The molecule has 1 aliphatic heterocycles. The maximum atomic E-state index is 12.4. The molecule has 4 rings (SSSR count). The molecule has 2 aromatic rings. The quantitative estimate of drug-likeness (QED) is 0.529. The number of aryl methyl sites for hydroxylation is 1. The number of carbonyl (C=O) groups excluding carboxylic acids is 1. The van der Waals surface area contributed by atoms with E-state index in [2.05, 4.69) is 29.2 Å². The van der Waals surface area contributed by atoms with Gasteiger partial charge in [0.05, 0.1) is 20.0 Å². The van der Waals surface area contributed by atoms with E-state index < -0.39 is 11.9 Å². The number of carbonyl (C=O) groups is 2. The van der Waals surface area contributed by atoms with Gasteiger partial charge in [0.2, 0.25) is 0 Å². The lowest BCUT2D eigenvalue weighted by Gasteiger charge is -2.32. The standard InChI is InChI=1S/C28H33NO5/c1-19-14-24-22(17-25(19)33-2)16-23(28(24)34-27(32)9-8-26(30)31)15-20-10-12-29(13-11-20)18-21-6-4-3-5-7-21/h3-7,14,17,20H,8-13,15-16,18H2,1-2H3,(H,30,31). The largest absolute Gasteiger partial charge is 0.496 e. The Kier molecular flexibility index (Phi) is 7.68. The van der Waals surface area contributed by atoms with Gasteiger partial charge in [-0.1, -0.05) is 30.3 Å². The number of allylic oxidation sites excluding steroid dienone is 1. The zero-order valence-corrected chi connectivity index (χ0v) is 20.0. The van der Waals surface area contributed by atoms with E-state index in [9.17, 15) is 9.59 Å². The molecule has 1 saturated heterocycles. The summed E-state index contributed by atoms with van der Waals surface area (Å²) < 4.78 is 11.3. The number of piperidine rings is 1. The first-order valence-electron chi connectivity index (χ1n) is 12.0. The summed E-state index contributed by atoms with van der Waals surface area (Å²) in [6.07, 6.45) is 3.48. The van der Waals surface area contributed by atoms with Crippen molar-refractivity contribution in [3.8, 4) is 5.75 Å². The van der Waals surface area contributed by atoms with Crippen LogP contribution in [0.15, 0.2) is 48.0 Å². The van der Waals surface area contributed by atoms with Crippen LogP contribution in [0, 0.1) is 12.8 Å². The minimum atomic E-state index is -0.999. The van der Waals surface area contributed by atoms with E-state index in [1.54, 1.807) is 7.11 Å². The first-order chi connectivity index (χ1) is 16.4. The second-order valence-electron chi connectivity index (χ2n) is 9.37. The normalized spacial score (nSPS) is 16.4. The molecule has 1 heterocycles. The molecular formula is C28H33NO5. The highest BCUT2D eigenvalue weighted by atomic mass is 16.5. The number of hydrogen-bond donors (Lipinski definition) is 1. The van der Waals surface area contributed by atoms with Crippen molar-refractivity contribution in [1.82, 2.24) is 4.90 Å². The fraction of sp³-hybridized carbons (Fsp3) is 0.429. The summed E-state index contributed by atoms with van der Waals surface area (Å²) >= 11 is 0. The number of nitrogens with zero attached hydrogens (tertiary/aromatic N) is 1. The predicted octanol–water partition coefficient (Wildman–Crippen LogP) is 4.98. The molecule has 0 atom stereocenters. The SMILES string of the molecule is COc1cc2c(cc1C)C(OC(=O)CCC(=O)O)=C(CC1CCN(Cc3ccccc3)CC1)C2. The van der Waals surface area contributed by atoms with Gasteiger partial charge in [0.25, 0.3) is 0 Å². The van der Waals surface area contributed by atoms with Gasteiger partial charge in [-0.15, -0.1) is 0 Å². The van der Waals surface area contributed by atoms with Crippen molar-refractivity contribution >= 4 is 17.7 Å². The highest BCUT2D eigenvalue weighted by Crippen LogP contribution is 2.41. The number of rotatable bonds is 9. The van der Waals surface area contributed by atoms with Crippen molar-refractivity contribution in [1.29, 1.82) is 0 Å². The lowest BCUT2D eigenvalue weighted by Crippen LogP contribution is -2.33. The van der Waals surface area contributed by atoms with E-state index in [0.717, 1.165) is 73.3 Å². The van der Waals surface area contributed by atoms with Gasteiger partial charge in [-0.25, -0.2) is 0 Å². The van der Waals surface area contributed by atoms with Crippen LogP contribution < -0.4 is 4.74 Å². The Hall–Kier alpha value is -3.12. The number of carboxylic acids is 1. The molecule has 0 unspecified atom stereocenters. The lowest BCUT2D eigenvalue weighted by atomic mass is 9.89. The third kappa shape index (κ3) is 5.86. The van der Waals surface area contributed by atoms with E-state index in [1.807, 2.05) is 25.1 Å². The molecule has 1 aliphatic carbocycles. The van der Waals surface area contributed by atoms with Gasteiger partial charge < -0.3 is 14.6 Å². The Morgan fingerprint density at radius 1 is 1.09 bits per heavy atom. The Morgan fingerprint density at radius 2 is 1.82 bits per heavy atom. The minimum Gasteiger partial charge on any atom is -0.496 e. The Labute approximate surface area is 201 Å². The van der Waals surface area contributed by atoms with Gasteiger partial charge in [-0.05, 0) is 86.0 Å². The molecule has 0 aromatic heterocycles. The number of ether oxygens (including phenoxy) is 2. The molecule has 0 saturated carbocycles. The fourth-order valence-corrected chi connectivity index (χ4v) is 5.01. The number of hydrogen-bond acceptors (Lipinski definition) is 5. The molecular weight excluding hydrogens is 430 g/mol. The maximum Gasteiger partial charge on any atom is 0.311 e. The molecule has 2 aliphatic rings. The number of carboxylic acid groups (broad SMARTS) is 1. The summed E-state index contributed by atoms with van der Waals surface area (Å²) in [5.74, 6) is 0.496. The average Bonchev–Trinajstić information content (AvgIpc) is 3.14. The fourth-order valence-electron chi connectivity index (χ4n) is 5.01. The molecule has 180 valence electrons. The van der Waals surface area contributed by atoms with Crippen LogP contribution in [-0.2, 0) is 27.3 Å².